The van der Waals surface area contributed by atoms with Crippen molar-refractivity contribution in [3.05, 3.63) is 30.3 Å². The number of nitrogens with one attached hydrogen (secondary N) is 1. The zero-order valence-electron chi connectivity index (χ0n) is 10.5. The lowest BCUT2D eigenvalue weighted by atomic mass is 10.0. The van der Waals surface area contributed by atoms with Gasteiger partial charge in [0.25, 0.3) is 0 Å². The van der Waals surface area contributed by atoms with E-state index in [1.54, 1.807) is 0 Å². The van der Waals surface area contributed by atoms with Crippen LogP contribution in [0.2, 0.25) is 0 Å². The first kappa shape index (κ1) is 12.0. The van der Waals surface area contributed by atoms with Gasteiger partial charge in [-0.15, -0.1) is 0 Å². The highest BCUT2D eigenvalue weighted by Gasteiger charge is 2.31. The Morgan fingerprint density at radius 3 is 2.67 bits per heavy atom. The molecule has 0 spiro atoms. The Balaban J connectivity index is 1.77. The zero-order chi connectivity index (χ0) is 12.2. The van der Waals surface area contributed by atoms with Gasteiger partial charge in [0, 0.05) is 18.8 Å². The van der Waals surface area contributed by atoms with Crippen LogP contribution in [0.25, 0.3) is 0 Å². The van der Waals surface area contributed by atoms with Crippen LogP contribution in [0.5, 0.6) is 0 Å². The lowest BCUT2D eigenvalue weighted by Gasteiger charge is -2.43. The average molecular weight is 248 g/mol. The molecule has 1 N–H and O–H groups in total. The van der Waals surface area contributed by atoms with Crippen LogP contribution in [0.3, 0.4) is 0 Å². The Kier molecular flexibility index (Phi) is 3.78. The largest absolute Gasteiger partial charge is 0.378 e. The fourth-order valence-electron chi connectivity index (χ4n) is 2.73. The monoisotopic (exact) mass is 248 g/mol. The molecule has 2 atom stereocenters. The number of hydrogen-bond donors (Lipinski definition) is 1. The molecule has 2 fully saturated rings. The number of morpholine rings is 2. The maximum Gasteiger partial charge on any atom is 0.0700 e. The Bertz CT molecular complexity index is 365. The maximum absolute atomic E-state index is 5.65. The molecule has 1 aromatic carbocycles. The molecule has 4 heteroatoms. The Morgan fingerprint density at radius 2 is 1.89 bits per heavy atom. The second-order valence-corrected chi connectivity index (χ2v) is 4.81. The minimum absolute atomic E-state index is 0.360. The molecule has 0 radical (unpaired) electrons. The second kappa shape index (κ2) is 5.69. The predicted molar refractivity (Wildman–Crippen MR) is 71.0 cm³/mol. The summed E-state index contributed by atoms with van der Waals surface area (Å²) in [5.41, 5.74) is 1.28. The molecule has 18 heavy (non-hydrogen) atoms. The number of benzene rings is 1. The molecule has 4 nitrogen and oxygen atoms in total. The van der Waals surface area contributed by atoms with Crippen LogP contribution in [0.1, 0.15) is 0 Å². The zero-order valence-corrected chi connectivity index (χ0v) is 10.5. The van der Waals surface area contributed by atoms with Crippen LogP contribution in [0.4, 0.5) is 5.69 Å². The summed E-state index contributed by atoms with van der Waals surface area (Å²) in [7, 11) is 0. The third-order valence-electron chi connectivity index (χ3n) is 3.67. The van der Waals surface area contributed by atoms with Gasteiger partial charge in [-0.25, -0.2) is 0 Å². The second-order valence-electron chi connectivity index (χ2n) is 4.81. The normalized spacial score (nSPS) is 29.2. The fraction of sp³-hybridized carbons (Fsp3) is 0.571. The van der Waals surface area contributed by atoms with Gasteiger partial charge in [0.2, 0.25) is 0 Å². The molecule has 2 heterocycles. The number of nitrogens with zero attached hydrogens (tertiary/aromatic N) is 1. The smallest absolute Gasteiger partial charge is 0.0700 e. The molecule has 2 aliphatic heterocycles. The van der Waals surface area contributed by atoms with Gasteiger partial charge < -0.3 is 19.7 Å². The van der Waals surface area contributed by atoms with Crippen molar-refractivity contribution < 1.29 is 9.47 Å². The van der Waals surface area contributed by atoms with Gasteiger partial charge in [0.15, 0.2) is 0 Å². The van der Waals surface area contributed by atoms with E-state index in [0.717, 1.165) is 39.5 Å². The minimum atomic E-state index is 0.360. The van der Waals surface area contributed by atoms with E-state index < -0.39 is 0 Å². The van der Waals surface area contributed by atoms with Crippen LogP contribution >= 0.6 is 0 Å². The van der Waals surface area contributed by atoms with Crippen molar-refractivity contribution in [3.8, 4) is 0 Å². The van der Waals surface area contributed by atoms with E-state index in [4.69, 9.17) is 9.47 Å². The SMILES string of the molecule is c1ccc(N2CCOC[C@@H]2[C@H]2COCCN2)cc1. The summed E-state index contributed by atoms with van der Waals surface area (Å²) in [5, 5.41) is 3.54. The van der Waals surface area contributed by atoms with Crippen molar-refractivity contribution in [1.82, 2.24) is 5.32 Å². The standard InChI is InChI=1S/C14H20N2O2/c1-2-4-12(5-3-1)16-7-9-18-11-14(16)13-10-17-8-6-15-13/h1-5,13-15H,6-11H2/t13-,14-/m1/s1. The summed E-state index contributed by atoms with van der Waals surface area (Å²) in [4.78, 5) is 2.44. The molecule has 98 valence electrons. The van der Waals surface area contributed by atoms with Crippen LogP contribution < -0.4 is 10.2 Å². The molecular formula is C14H20N2O2. The third-order valence-corrected chi connectivity index (χ3v) is 3.67. The lowest BCUT2D eigenvalue weighted by molar-refractivity contribution is 0.0296. The topological polar surface area (TPSA) is 33.7 Å². The van der Waals surface area contributed by atoms with Gasteiger partial charge >= 0.3 is 0 Å². The summed E-state index contributed by atoms with van der Waals surface area (Å²) in [6, 6.07) is 11.3. The van der Waals surface area contributed by atoms with Crippen LogP contribution in [0, 0.1) is 0 Å². The van der Waals surface area contributed by atoms with E-state index in [9.17, 15) is 0 Å². The molecule has 2 aliphatic rings. The number of rotatable bonds is 2. The predicted octanol–water partition coefficient (Wildman–Crippen LogP) is 0.880. The molecule has 2 saturated heterocycles. The van der Waals surface area contributed by atoms with Gasteiger partial charge in [-0.1, -0.05) is 18.2 Å². The first-order valence-corrected chi connectivity index (χ1v) is 6.66. The maximum atomic E-state index is 5.65. The molecule has 3 rings (SSSR count). The fourth-order valence-corrected chi connectivity index (χ4v) is 2.73. The number of hydrogen-bond acceptors (Lipinski definition) is 4. The van der Waals surface area contributed by atoms with Gasteiger partial charge in [0.1, 0.15) is 0 Å². The number of anilines is 1. The molecule has 1 aromatic rings. The van der Waals surface area contributed by atoms with Crippen molar-refractivity contribution >= 4 is 5.69 Å². The molecule has 0 unspecified atom stereocenters. The first-order valence-electron chi connectivity index (χ1n) is 6.66. The van der Waals surface area contributed by atoms with E-state index in [2.05, 4.69) is 40.5 Å². The Labute approximate surface area is 108 Å². The summed E-state index contributed by atoms with van der Waals surface area (Å²) >= 11 is 0. The van der Waals surface area contributed by atoms with Gasteiger partial charge in [-0.2, -0.15) is 0 Å². The van der Waals surface area contributed by atoms with Gasteiger partial charge in [-0.05, 0) is 12.1 Å². The molecule has 0 bridgehead atoms. The molecule has 0 aromatic heterocycles. The summed E-state index contributed by atoms with van der Waals surface area (Å²) in [6.45, 7) is 5.05. The van der Waals surface area contributed by atoms with Gasteiger partial charge in [-0.3, -0.25) is 0 Å². The highest BCUT2D eigenvalue weighted by Crippen LogP contribution is 2.21. The van der Waals surface area contributed by atoms with Crippen molar-refractivity contribution in [2.45, 2.75) is 12.1 Å². The third kappa shape index (κ3) is 2.51. The van der Waals surface area contributed by atoms with Crippen molar-refractivity contribution in [1.29, 1.82) is 0 Å². The first-order chi connectivity index (χ1) is 8.95. The highest BCUT2D eigenvalue weighted by atomic mass is 16.5. The van der Waals surface area contributed by atoms with E-state index in [1.165, 1.54) is 5.69 Å². The van der Waals surface area contributed by atoms with Crippen molar-refractivity contribution in [3.63, 3.8) is 0 Å². The van der Waals surface area contributed by atoms with Gasteiger partial charge in [0.05, 0.1) is 38.5 Å². The number of ether oxygens (including phenoxy) is 2. The minimum Gasteiger partial charge on any atom is -0.378 e. The van der Waals surface area contributed by atoms with E-state index in [1.807, 2.05) is 0 Å². The Hall–Kier alpha value is -1.10. The van der Waals surface area contributed by atoms with Crippen LogP contribution in [-0.4, -0.2) is 51.6 Å². The molecule has 0 saturated carbocycles. The summed E-state index contributed by atoms with van der Waals surface area (Å²) in [5.74, 6) is 0. The van der Waals surface area contributed by atoms with E-state index in [0.29, 0.717) is 12.1 Å². The Morgan fingerprint density at radius 1 is 1.06 bits per heavy atom. The lowest BCUT2D eigenvalue weighted by Crippen LogP contribution is -2.60. The number of para-hydroxylation sites is 1. The van der Waals surface area contributed by atoms with Crippen LogP contribution in [0.15, 0.2) is 30.3 Å². The molecule has 0 amide bonds. The summed E-state index contributed by atoms with van der Waals surface area (Å²) in [6.07, 6.45) is 0. The molecule has 0 aliphatic carbocycles. The van der Waals surface area contributed by atoms with E-state index >= 15 is 0 Å². The highest BCUT2D eigenvalue weighted by molar-refractivity contribution is 5.48. The van der Waals surface area contributed by atoms with E-state index in [-0.39, 0.29) is 0 Å². The van der Waals surface area contributed by atoms with Crippen LogP contribution in [-0.2, 0) is 9.47 Å². The van der Waals surface area contributed by atoms with Crippen molar-refractivity contribution in [2.75, 3.05) is 44.4 Å². The molecular weight excluding hydrogens is 228 g/mol. The average Bonchev–Trinajstić information content (AvgIpc) is 2.49. The van der Waals surface area contributed by atoms with Crippen molar-refractivity contribution in [2.24, 2.45) is 0 Å². The summed E-state index contributed by atoms with van der Waals surface area (Å²) < 4.78 is 11.2. The quantitative estimate of drug-likeness (QED) is 0.842.